The summed E-state index contributed by atoms with van der Waals surface area (Å²) in [6, 6.07) is 8.06. The summed E-state index contributed by atoms with van der Waals surface area (Å²) in [4.78, 5) is 0. The third-order valence-corrected chi connectivity index (χ3v) is 3.22. The Bertz CT molecular complexity index is 503. The van der Waals surface area contributed by atoms with Gasteiger partial charge in [0.25, 0.3) is 0 Å². The van der Waals surface area contributed by atoms with Gasteiger partial charge in [-0.25, -0.2) is 0 Å². The zero-order valence-corrected chi connectivity index (χ0v) is 10.2. The first-order valence-electron chi connectivity index (χ1n) is 5.29. The maximum absolute atomic E-state index is 4.19. The van der Waals surface area contributed by atoms with E-state index in [-0.39, 0.29) is 0 Å². The lowest BCUT2D eigenvalue weighted by atomic mass is 10.2. The predicted molar refractivity (Wildman–Crippen MR) is 65.9 cm³/mol. The van der Waals surface area contributed by atoms with Gasteiger partial charge in [0.15, 0.2) is 5.82 Å². The van der Waals surface area contributed by atoms with Crippen LogP contribution in [-0.4, -0.2) is 21.5 Å². The molecular weight excluding hydrogens is 268 g/mol. The average molecular weight is 279 g/mol. The Morgan fingerprint density at radius 2 is 2.06 bits per heavy atom. The van der Waals surface area contributed by atoms with Gasteiger partial charge in [-0.15, -0.1) is 5.10 Å². The third kappa shape index (κ3) is 1.61. The van der Waals surface area contributed by atoms with Crippen LogP contribution in [0.15, 0.2) is 28.7 Å². The predicted octanol–water partition coefficient (Wildman–Crippen LogP) is 2.39. The van der Waals surface area contributed by atoms with Crippen LogP contribution in [0.1, 0.15) is 12.1 Å². The van der Waals surface area contributed by atoms with Gasteiger partial charge < -0.3 is 5.32 Å². The lowest BCUT2D eigenvalue weighted by Gasteiger charge is -2.14. The van der Waals surface area contributed by atoms with Gasteiger partial charge in [0.1, 0.15) is 5.69 Å². The number of hydrogen-bond acceptors (Lipinski definition) is 3. The molecule has 16 heavy (non-hydrogen) atoms. The first-order valence-corrected chi connectivity index (χ1v) is 6.08. The van der Waals surface area contributed by atoms with Crippen LogP contribution in [-0.2, 0) is 6.42 Å². The second kappa shape index (κ2) is 3.90. The number of nitrogens with one attached hydrogen (secondary N) is 1. The summed E-state index contributed by atoms with van der Waals surface area (Å²) in [5.41, 5.74) is 2.10. The smallest absolute Gasteiger partial charge is 0.153 e. The van der Waals surface area contributed by atoms with E-state index in [4.69, 9.17) is 0 Å². The molecule has 4 nitrogen and oxygen atoms in total. The van der Waals surface area contributed by atoms with Crippen LogP contribution >= 0.6 is 15.9 Å². The Kier molecular flexibility index (Phi) is 2.40. The van der Waals surface area contributed by atoms with Crippen LogP contribution in [0.3, 0.4) is 0 Å². The normalized spacial score (nSPS) is 14.3. The van der Waals surface area contributed by atoms with E-state index in [0.717, 1.165) is 41.1 Å². The number of anilines is 1. The molecule has 5 heteroatoms. The molecule has 1 aromatic carbocycles. The SMILES string of the molecule is Brc1ccc(-n2nnc3c2NCCC3)cc1. The Morgan fingerprint density at radius 3 is 2.88 bits per heavy atom. The van der Waals surface area contributed by atoms with Gasteiger partial charge >= 0.3 is 0 Å². The van der Waals surface area contributed by atoms with Crippen molar-refractivity contribution in [3.63, 3.8) is 0 Å². The Morgan fingerprint density at radius 1 is 1.25 bits per heavy atom. The van der Waals surface area contributed by atoms with Crippen LogP contribution in [0, 0.1) is 0 Å². The number of aryl methyl sites for hydroxylation is 1. The highest BCUT2D eigenvalue weighted by atomic mass is 79.9. The highest BCUT2D eigenvalue weighted by molar-refractivity contribution is 9.10. The minimum Gasteiger partial charge on any atom is -0.368 e. The molecule has 0 unspecified atom stereocenters. The van der Waals surface area contributed by atoms with E-state index in [0.29, 0.717) is 0 Å². The molecule has 0 aliphatic carbocycles. The molecule has 0 radical (unpaired) electrons. The lowest BCUT2D eigenvalue weighted by Crippen LogP contribution is -2.14. The van der Waals surface area contributed by atoms with Crippen molar-refractivity contribution in [3.8, 4) is 5.69 Å². The molecule has 1 N–H and O–H groups in total. The number of aromatic nitrogens is 3. The molecule has 1 aliphatic heterocycles. The quantitative estimate of drug-likeness (QED) is 0.871. The van der Waals surface area contributed by atoms with Gasteiger partial charge in [0, 0.05) is 11.0 Å². The van der Waals surface area contributed by atoms with Crippen molar-refractivity contribution < 1.29 is 0 Å². The van der Waals surface area contributed by atoms with Crippen molar-refractivity contribution in [2.45, 2.75) is 12.8 Å². The summed E-state index contributed by atoms with van der Waals surface area (Å²) in [7, 11) is 0. The van der Waals surface area contributed by atoms with Crippen LogP contribution in [0.2, 0.25) is 0 Å². The topological polar surface area (TPSA) is 42.7 Å². The summed E-state index contributed by atoms with van der Waals surface area (Å²) in [6.07, 6.45) is 2.14. The van der Waals surface area contributed by atoms with Crippen LogP contribution in [0.25, 0.3) is 5.69 Å². The fraction of sp³-hybridized carbons (Fsp3) is 0.273. The van der Waals surface area contributed by atoms with Gasteiger partial charge in [0.05, 0.1) is 5.69 Å². The molecule has 0 atom stereocenters. The fourth-order valence-corrected chi connectivity index (χ4v) is 2.15. The molecule has 1 aromatic heterocycles. The van der Waals surface area contributed by atoms with Crippen LogP contribution < -0.4 is 5.32 Å². The molecule has 2 heterocycles. The molecule has 2 aromatic rings. The standard InChI is InChI=1S/C11H11BrN4/c12-8-3-5-9(6-4-8)16-11-10(14-15-16)2-1-7-13-11/h3-6,13H,1-2,7H2. The van der Waals surface area contributed by atoms with Gasteiger partial charge in [-0.1, -0.05) is 21.1 Å². The zero-order valence-electron chi connectivity index (χ0n) is 8.65. The maximum atomic E-state index is 4.19. The first-order chi connectivity index (χ1) is 7.84. The molecule has 0 fully saturated rings. The fourth-order valence-electron chi connectivity index (χ4n) is 1.88. The largest absolute Gasteiger partial charge is 0.368 e. The van der Waals surface area contributed by atoms with E-state index in [2.05, 4.69) is 31.6 Å². The Labute approximate surface area is 102 Å². The van der Waals surface area contributed by atoms with Crippen LogP contribution in [0.4, 0.5) is 5.82 Å². The first kappa shape index (κ1) is 9.84. The van der Waals surface area contributed by atoms with E-state index < -0.39 is 0 Å². The molecule has 0 amide bonds. The van der Waals surface area contributed by atoms with Crippen molar-refractivity contribution >= 4 is 21.7 Å². The molecule has 0 bridgehead atoms. The van der Waals surface area contributed by atoms with Gasteiger partial charge in [0.2, 0.25) is 0 Å². The highest BCUT2D eigenvalue weighted by Gasteiger charge is 2.16. The van der Waals surface area contributed by atoms with Crippen molar-refractivity contribution in [2.24, 2.45) is 0 Å². The summed E-state index contributed by atoms with van der Waals surface area (Å²) >= 11 is 3.42. The number of rotatable bonds is 1. The molecule has 0 saturated heterocycles. The van der Waals surface area contributed by atoms with Crippen molar-refractivity contribution in [2.75, 3.05) is 11.9 Å². The van der Waals surface area contributed by atoms with Crippen molar-refractivity contribution in [1.29, 1.82) is 0 Å². The lowest BCUT2D eigenvalue weighted by molar-refractivity contribution is 0.799. The minimum atomic E-state index is 0.997. The summed E-state index contributed by atoms with van der Waals surface area (Å²) in [6.45, 7) is 0.997. The summed E-state index contributed by atoms with van der Waals surface area (Å²) in [5, 5.41) is 11.7. The minimum absolute atomic E-state index is 0.997. The Hall–Kier alpha value is -1.36. The monoisotopic (exact) mass is 278 g/mol. The van der Waals surface area contributed by atoms with E-state index in [1.165, 1.54) is 0 Å². The average Bonchev–Trinajstić information content (AvgIpc) is 2.74. The highest BCUT2D eigenvalue weighted by Crippen LogP contribution is 2.23. The van der Waals surface area contributed by atoms with E-state index in [9.17, 15) is 0 Å². The molecule has 1 aliphatic rings. The van der Waals surface area contributed by atoms with Gasteiger partial charge in [-0.05, 0) is 37.1 Å². The zero-order chi connectivity index (χ0) is 11.0. The third-order valence-electron chi connectivity index (χ3n) is 2.69. The van der Waals surface area contributed by atoms with E-state index in [1.807, 2.05) is 28.9 Å². The Balaban J connectivity index is 2.06. The molecule has 3 rings (SSSR count). The van der Waals surface area contributed by atoms with Crippen LogP contribution in [0.5, 0.6) is 0 Å². The molecular formula is C11H11BrN4. The maximum Gasteiger partial charge on any atom is 0.153 e. The van der Waals surface area contributed by atoms with Gasteiger partial charge in [-0.2, -0.15) is 4.68 Å². The van der Waals surface area contributed by atoms with E-state index >= 15 is 0 Å². The van der Waals surface area contributed by atoms with E-state index in [1.54, 1.807) is 0 Å². The van der Waals surface area contributed by atoms with Crippen molar-refractivity contribution in [1.82, 2.24) is 15.0 Å². The van der Waals surface area contributed by atoms with Crippen molar-refractivity contribution in [3.05, 3.63) is 34.4 Å². The number of hydrogen-bond donors (Lipinski definition) is 1. The molecule has 82 valence electrons. The number of fused-ring (bicyclic) bond motifs is 1. The second-order valence-electron chi connectivity index (χ2n) is 3.80. The summed E-state index contributed by atoms with van der Waals surface area (Å²) < 4.78 is 2.93. The number of benzene rings is 1. The number of halogens is 1. The van der Waals surface area contributed by atoms with Gasteiger partial charge in [-0.3, -0.25) is 0 Å². The summed E-state index contributed by atoms with van der Waals surface area (Å²) in [5.74, 6) is 1.04. The molecule has 0 saturated carbocycles. The number of nitrogens with zero attached hydrogens (tertiary/aromatic N) is 3. The second-order valence-corrected chi connectivity index (χ2v) is 4.72. The molecule has 0 spiro atoms.